The maximum Gasteiger partial charge on any atom is 0.328 e. The van der Waals surface area contributed by atoms with Crippen LogP contribution >= 0.6 is 0 Å². The first-order chi connectivity index (χ1) is 9.87. The number of methoxy groups -OCH3 is 1. The first-order valence-electron chi connectivity index (χ1n) is 7.72. The highest BCUT2D eigenvalue weighted by Gasteiger charge is 2.28. The van der Waals surface area contributed by atoms with Gasteiger partial charge in [0.25, 0.3) is 0 Å². The van der Waals surface area contributed by atoms with Crippen molar-refractivity contribution in [3.8, 4) is 0 Å². The largest absolute Gasteiger partial charge is 0.467 e. The zero-order valence-corrected chi connectivity index (χ0v) is 13.8. The molecular weight excluding hydrogens is 270 g/mol. The van der Waals surface area contributed by atoms with Crippen molar-refractivity contribution < 1.29 is 14.3 Å². The van der Waals surface area contributed by atoms with Gasteiger partial charge in [-0.05, 0) is 19.8 Å². The van der Waals surface area contributed by atoms with Gasteiger partial charge in [-0.2, -0.15) is 0 Å². The van der Waals surface area contributed by atoms with E-state index in [0.717, 1.165) is 19.5 Å². The van der Waals surface area contributed by atoms with Crippen molar-refractivity contribution in [3.05, 3.63) is 0 Å². The summed E-state index contributed by atoms with van der Waals surface area (Å²) in [6.07, 6.45) is 0.807. The average Bonchev–Trinajstić information content (AvgIpc) is 2.41. The van der Waals surface area contributed by atoms with Gasteiger partial charge in [0, 0.05) is 25.2 Å². The van der Waals surface area contributed by atoms with E-state index in [0.29, 0.717) is 18.6 Å². The molecule has 4 atom stereocenters. The van der Waals surface area contributed by atoms with Crippen LogP contribution in [0.15, 0.2) is 0 Å². The number of amides is 1. The van der Waals surface area contributed by atoms with E-state index >= 15 is 0 Å². The van der Waals surface area contributed by atoms with Crippen LogP contribution in [0.25, 0.3) is 0 Å². The van der Waals surface area contributed by atoms with Crippen LogP contribution in [0, 0.1) is 5.92 Å². The highest BCUT2D eigenvalue weighted by atomic mass is 16.5. The molecule has 0 spiro atoms. The van der Waals surface area contributed by atoms with Crippen LogP contribution in [0.2, 0.25) is 0 Å². The molecule has 1 saturated heterocycles. The lowest BCUT2D eigenvalue weighted by Gasteiger charge is -2.36. The SMILES string of the molecule is CCC(C)C(NC(=O)CN1CC(C)NC(C)C1)C(=O)OC. The van der Waals surface area contributed by atoms with E-state index in [2.05, 4.69) is 29.4 Å². The number of piperazine rings is 1. The maximum absolute atomic E-state index is 12.2. The van der Waals surface area contributed by atoms with E-state index in [1.807, 2.05) is 13.8 Å². The number of hydrogen-bond acceptors (Lipinski definition) is 5. The van der Waals surface area contributed by atoms with E-state index in [1.165, 1.54) is 7.11 Å². The van der Waals surface area contributed by atoms with Crippen molar-refractivity contribution in [3.63, 3.8) is 0 Å². The normalized spacial score (nSPS) is 26.0. The second-order valence-electron chi connectivity index (χ2n) is 6.12. The number of carbonyl (C=O) groups is 2. The summed E-state index contributed by atoms with van der Waals surface area (Å²) in [5.74, 6) is -0.436. The molecule has 2 N–H and O–H groups in total. The molecule has 0 radical (unpaired) electrons. The minimum atomic E-state index is -0.565. The Hall–Kier alpha value is -1.14. The lowest BCUT2D eigenvalue weighted by molar-refractivity contribution is -0.146. The number of esters is 1. The molecule has 1 aliphatic heterocycles. The molecule has 1 rings (SSSR count). The van der Waals surface area contributed by atoms with E-state index in [4.69, 9.17) is 4.74 Å². The molecule has 0 bridgehead atoms. The quantitative estimate of drug-likeness (QED) is 0.694. The van der Waals surface area contributed by atoms with Gasteiger partial charge in [0.15, 0.2) is 0 Å². The van der Waals surface area contributed by atoms with Crippen molar-refractivity contribution >= 4 is 11.9 Å². The number of nitrogens with one attached hydrogen (secondary N) is 2. The highest BCUT2D eigenvalue weighted by Crippen LogP contribution is 2.10. The average molecular weight is 299 g/mol. The van der Waals surface area contributed by atoms with Crippen LogP contribution in [-0.4, -0.2) is 61.6 Å². The zero-order valence-electron chi connectivity index (χ0n) is 13.8. The highest BCUT2D eigenvalue weighted by molar-refractivity contribution is 5.85. The topological polar surface area (TPSA) is 70.7 Å². The summed E-state index contributed by atoms with van der Waals surface area (Å²) in [7, 11) is 1.35. The molecule has 1 fully saturated rings. The smallest absolute Gasteiger partial charge is 0.328 e. The van der Waals surface area contributed by atoms with Gasteiger partial charge in [-0.3, -0.25) is 9.69 Å². The Balaban J connectivity index is 2.55. The number of rotatable bonds is 6. The predicted octanol–water partition coefficient (Wildman–Crippen LogP) is 0.373. The fourth-order valence-corrected chi connectivity index (χ4v) is 2.79. The van der Waals surface area contributed by atoms with E-state index < -0.39 is 6.04 Å². The van der Waals surface area contributed by atoms with Crippen LogP contribution in [0.5, 0.6) is 0 Å². The van der Waals surface area contributed by atoms with Crippen molar-refractivity contribution in [2.75, 3.05) is 26.7 Å². The van der Waals surface area contributed by atoms with Crippen LogP contribution < -0.4 is 10.6 Å². The number of ether oxygens (including phenoxy) is 1. The standard InChI is InChI=1S/C15H29N3O3/c1-6-10(2)14(15(20)21-5)17-13(19)9-18-7-11(3)16-12(4)8-18/h10-12,14,16H,6-9H2,1-5H3,(H,17,19). The first kappa shape index (κ1) is 17.9. The lowest BCUT2D eigenvalue weighted by Crippen LogP contribution is -2.57. The van der Waals surface area contributed by atoms with Gasteiger partial charge in [-0.1, -0.05) is 20.3 Å². The summed E-state index contributed by atoms with van der Waals surface area (Å²) in [5.41, 5.74) is 0. The predicted molar refractivity (Wildman–Crippen MR) is 81.9 cm³/mol. The van der Waals surface area contributed by atoms with Crippen molar-refractivity contribution in [1.29, 1.82) is 0 Å². The third-order valence-electron chi connectivity index (χ3n) is 3.98. The lowest BCUT2D eigenvalue weighted by atomic mass is 9.99. The fourth-order valence-electron chi connectivity index (χ4n) is 2.79. The monoisotopic (exact) mass is 299 g/mol. The van der Waals surface area contributed by atoms with Gasteiger partial charge in [-0.25, -0.2) is 4.79 Å². The molecule has 0 aliphatic carbocycles. The van der Waals surface area contributed by atoms with Crippen LogP contribution in [0.4, 0.5) is 0 Å². The molecule has 122 valence electrons. The minimum Gasteiger partial charge on any atom is -0.467 e. The Morgan fingerprint density at radius 1 is 1.33 bits per heavy atom. The summed E-state index contributed by atoms with van der Waals surface area (Å²) in [5, 5.41) is 6.25. The van der Waals surface area contributed by atoms with Gasteiger partial charge in [0.05, 0.1) is 13.7 Å². The van der Waals surface area contributed by atoms with Gasteiger partial charge >= 0.3 is 5.97 Å². The molecule has 4 unspecified atom stereocenters. The molecule has 6 heteroatoms. The Labute approximate surface area is 127 Å². The van der Waals surface area contributed by atoms with Gasteiger partial charge in [0.1, 0.15) is 6.04 Å². The molecule has 0 aromatic rings. The van der Waals surface area contributed by atoms with Crippen LogP contribution in [0.3, 0.4) is 0 Å². The molecule has 0 aromatic heterocycles. The third kappa shape index (κ3) is 5.63. The van der Waals surface area contributed by atoms with Gasteiger partial charge in [-0.15, -0.1) is 0 Å². The van der Waals surface area contributed by atoms with E-state index in [9.17, 15) is 9.59 Å². The molecule has 6 nitrogen and oxygen atoms in total. The fraction of sp³-hybridized carbons (Fsp3) is 0.867. The first-order valence-corrected chi connectivity index (χ1v) is 7.72. The molecule has 1 aliphatic rings. The summed E-state index contributed by atoms with van der Waals surface area (Å²) >= 11 is 0. The summed E-state index contributed by atoms with van der Waals surface area (Å²) < 4.78 is 4.78. The Kier molecular flexibility index (Phi) is 7.11. The molecule has 0 saturated carbocycles. The summed E-state index contributed by atoms with van der Waals surface area (Å²) in [4.78, 5) is 26.1. The zero-order chi connectivity index (χ0) is 16.0. The Bertz CT molecular complexity index is 352. The van der Waals surface area contributed by atoms with E-state index in [-0.39, 0.29) is 17.8 Å². The molecular formula is C15H29N3O3. The second-order valence-corrected chi connectivity index (χ2v) is 6.12. The van der Waals surface area contributed by atoms with Crippen LogP contribution in [0.1, 0.15) is 34.1 Å². The maximum atomic E-state index is 12.2. The van der Waals surface area contributed by atoms with Crippen molar-refractivity contribution in [1.82, 2.24) is 15.5 Å². The molecule has 21 heavy (non-hydrogen) atoms. The Morgan fingerprint density at radius 3 is 2.38 bits per heavy atom. The number of carbonyl (C=O) groups excluding carboxylic acids is 2. The van der Waals surface area contributed by atoms with Gasteiger partial charge in [0.2, 0.25) is 5.91 Å². The Morgan fingerprint density at radius 2 is 1.90 bits per heavy atom. The summed E-state index contributed by atoms with van der Waals surface area (Å²) in [6.45, 7) is 10.1. The second kappa shape index (κ2) is 8.34. The molecule has 1 heterocycles. The van der Waals surface area contributed by atoms with Gasteiger partial charge < -0.3 is 15.4 Å². The number of hydrogen-bond donors (Lipinski definition) is 2. The minimum absolute atomic E-state index is 0.0577. The van der Waals surface area contributed by atoms with Crippen molar-refractivity contribution in [2.45, 2.75) is 52.2 Å². The van der Waals surface area contributed by atoms with Crippen LogP contribution in [-0.2, 0) is 14.3 Å². The molecule has 1 amide bonds. The van der Waals surface area contributed by atoms with Crippen molar-refractivity contribution in [2.24, 2.45) is 5.92 Å². The molecule has 0 aromatic carbocycles. The van der Waals surface area contributed by atoms with E-state index in [1.54, 1.807) is 0 Å². The third-order valence-corrected chi connectivity index (χ3v) is 3.98. The number of nitrogens with zero attached hydrogens (tertiary/aromatic N) is 1. The summed E-state index contributed by atoms with van der Waals surface area (Å²) in [6, 6.07) is 0.172.